The highest BCUT2D eigenvalue weighted by Crippen LogP contribution is 2.43. The fourth-order valence-corrected chi connectivity index (χ4v) is 4.31. The van der Waals surface area contributed by atoms with Crippen LogP contribution < -0.4 is 10.2 Å². The molecule has 1 N–H and O–H groups in total. The van der Waals surface area contributed by atoms with Gasteiger partial charge < -0.3 is 10.2 Å². The van der Waals surface area contributed by atoms with E-state index in [1.54, 1.807) is 0 Å². The first-order valence-electron chi connectivity index (χ1n) is 9.90. The lowest BCUT2D eigenvalue weighted by Crippen LogP contribution is -2.45. The van der Waals surface area contributed by atoms with E-state index in [1.807, 2.05) is 36.1 Å². The van der Waals surface area contributed by atoms with Crippen molar-refractivity contribution >= 4 is 17.5 Å². The number of nitrogens with one attached hydrogen (secondary N) is 1. The molecule has 1 aliphatic heterocycles. The first-order valence-corrected chi connectivity index (χ1v) is 9.90. The van der Waals surface area contributed by atoms with Crippen LogP contribution in [0.1, 0.15) is 54.1 Å². The van der Waals surface area contributed by atoms with Crippen LogP contribution in [0.4, 0.5) is 5.69 Å². The molecule has 4 nitrogen and oxygen atoms in total. The first-order chi connectivity index (χ1) is 13.1. The predicted molar refractivity (Wildman–Crippen MR) is 107 cm³/mol. The molecule has 4 rings (SSSR count). The molecule has 0 unspecified atom stereocenters. The number of fused-ring (bicyclic) bond motifs is 1. The minimum atomic E-state index is -0.0275. The van der Waals surface area contributed by atoms with Gasteiger partial charge in [-0.3, -0.25) is 9.59 Å². The van der Waals surface area contributed by atoms with Gasteiger partial charge in [-0.05, 0) is 48.6 Å². The molecule has 27 heavy (non-hydrogen) atoms. The summed E-state index contributed by atoms with van der Waals surface area (Å²) in [7, 11) is 0. The number of amides is 2. The van der Waals surface area contributed by atoms with E-state index < -0.39 is 0 Å². The largest absolute Gasteiger partial charge is 0.351 e. The van der Waals surface area contributed by atoms with Gasteiger partial charge in [0, 0.05) is 36.2 Å². The third kappa shape index (κ3) is 3.25. The van der Waals surface area contributed by atoms with Gasteiger partial charge in [0.25, 0.3) is 5.91 Å². The normalized spacial score (nSPS) is 17.1. The molecule has 0 saturated heterocycles. The van der Waals surface area contributed by atoms with Crippen LogP contribution in [0.3, 0.4) is 0 Å². The van der Waals surface area contributed by atoms with Crippen LogP contribution in [-0.4, -0.2) is 24.9 Å². The molecule has 2 aromatic rings. The van der Waals surface area contributed by atoms with E-state index in [9.17, 15) is 9.59 Å². The molecular formula is C23H26N2O2. The van der Waals surface area contributed by atoms with Gasteiger partial charge in [-0.2, -0.15) is 0 Å². The summed E-state index contributed by atoms with van der Waals surface area (Å²) in [5, 5.41) is 3.16. The van der Waals surface area contributed by atoms with Gasteiger partial charge in [0.15, 0.2) is 0 Å². The summed E-state index contributed by atoms with van der Waals surface area (Å²) in [6.07, 6.45) is 4.77. The van der Waals surface area contributed by atoms with E-state index in [0.29, 0.717) is 25.1 Å². The summed E-state index contributed by atoms with van der Waals surface area (Å²) in [5.74, 6) is 0.112. The van der Waals surface area contributed by atoms with Gasteiger partial charge in [-0.1, -0.05) is 43.7 Å². The number of benzene rings is 2. The van der Waals surface area contributed by atoms with Crippen LogP contribution in [0.5, 0.6) is 0 Å². The average Bonchev–Trinajstić information content (AvgIpc) is 3.10. The fourth-order valence-electron chi connectivity index (χ4n) is 4.31. The molecule has 0 spiro atoms. The molecule has 2 aliphatic rings. The highest BCUT2D eigenvalue weighted by molar-refractivity contribution is 5.98. The van der Waals surface area contributed by atoms with Crippen molar-refractivity contribution in [1.82, 2.24) is 5.32 Å². The molecule has 1 fully saturated rings. The van der Waals surface area contributed by atoms with Gasteiger partial charge in [0.2, 0.25) is 5.91 Å². The average molecular weight is 362 g/mol. The molecule has 0 atom stereocenters. The van der Waals surface area contributed by atoms with E-state index in [2.05, 4.69) is 29.6 Å². The number of carbonyl (C=O) groups excluding carboxylic acids is 2. The van der Waals surface area contributed by atoms with E-state index in [0.717, 1.165) is 30.5 Å². The Bertz CT molecular complexity index is 856. The predicted octanol–water partition coefficient (Wildman–Crippen LogP) is 3.84. The Morgan fingerprint density at radius 1 is 1.11 bits per heavy atom. The third-order valence-electron chi connectivity index (χ3n) is 6.12. The van der Waals surface area contributed by atoms with Crippen LogP contribution >= 0.6 is 0 Å². The summed E-state index contributed by atoms with van der Waals surface area (Å²) >= 11 is 0. The molecule has 1 heterocycles. The topological polar surface area (TPSA) is 49.4 Å². The Labute approximate surface area is 160 Å². The zero-order valence-electron chi connectivity index (χ0n) is 15.8. The number of hydrogen-bond donors (Lipinski definition) is 1. The van der Waals surface area contributed by atoms with Crippen LogP contribution in [0.25, 0.3) is 0 Å². The van der Waals surface area contributed by atoms with Gasteiger partial charge in [-0.25, -0.2) is 0 Å². The van der Waals surface area contributed by atoms with E-state index in [-0.39, 0.29) is 17.2 Å². The van der Waals surface area contributed by atoms with Crippen LogP contribution in [-0.2, 0) is 16.6 Å². The van der Waals surface area contributed by atoms with Crippen molar-refractivity contribution in [2.45, 2.75) is 44.4 Å². The number of rotatable bonds is 5. The number of hydrogen-bond acceptors (Lipinski definition) is 2. The molecule has 4 heteroatoms. The number of anilines is 1. The minimum Gasteiger partial charge on any atom is -0.351 e. The molecule has 1 aliphatic carbocycles. The summed E-state index contributed by atoms with van der Waals surface area (Å²) in [6, 6.07) is 16.2. The molecule has 2 amide bonds. The Kier molecular flexibility index (Phi) is 4.73. The van der Waals surface area contributed by atoms with Gasteiger partial charge in [0.1, 0.15) is 0 Å². The molecule has 0 bridgehead atoms. The summed E-state index contributed by atoms with van der Waals surface area (Å²) < 4.78 is 0. The second-order valence-electron chi connectivity index (χ2n) is 7.68. The van der Waals surface area contributed by atoms with Crippen molar-refractivity contribution in [1.29, 1.82) is 0 Å². The van der Waals surface area contributed by atoms with Crippen LogP contribution in [0.15, 0.2) is 48.5 Å². The molecule has 2 aromatic carbocycles. The van der Waals surface area contributed by atoms with E-state index in [1.165, 1.54) is 12.0 Å². The molecular weight excluding hydrogens is 336 g/mol. The summed E-state index contributed by atoms with van der Waals surface area (Å²) in [5.41, 5.74) is 4.13. The standard InChI is InChI=1S/C23H26N2O2/c1-2-21(26)25-14-11-17-15-18(9-10-20(17)25)22(27)24-16-23(12-6-13-23)19-7-4-3-5-8-19/h3-5,7-10,15H,2,6,11-14,16H2,1H3,(H,24,27). The summed E-state index contributed by atoms with van der Waals surface area (Å²) in [4.78, 5) is 26.6. The highest BCUT2D eigenvalue weighted by atomic mass is 16.2. The second-order valence-corrected chi connectivity index (χ2v) is 7.68. The van der Waals surface area contributed by atoms with Crippen molar-refractivity contribution in [3.8, 4) is 0 Å². The van der Waals surface area contributed by atoms with Gasteiger partial charge >= 0.3 is 0 Å². The van der Waals surface area contributed by atoms with Crippen molar-refractivity contribution in [2.75, 3.05) is 18.0 Å². The summed E-state index contributed by atoms with van der Waals surface area (Å²) in [6.45, 7) is 3.27. The van der Waals surface area contributed by atoms with Crippen molar-refractivity contribution in [2.24, 2.45) is 0 Å². The second kappa shape index (κ2) is 7.18. The SMILES string of the molecule is CCC(=O)N1CCc2cc(C(=O)NCC3(c4ccccc4)CCC3)ccc21. The molecule has 0 radical (unpaired) electrons. The minimum absolute atomic E-state index is 0.0275. The van der Waals surface area contributed by atoms with Crippen molar-refractivity contribution in [3.63, 3.8) is 0 Å². The Hall–Kier alpha value is -2.62. The Morgan fingerprint density at radius 2 is 1.89 bits per heavy atom. The lowest BCUT2D eigenvalue weighted by molar-refractivity contribution is -0.118. The molecule has 0 aromatic heterocycles. The zero-order chi connectivity index (χ0) is 18.9. The number of nitrogens with zero attached hydrogens (tertiary/aromatic N) is 1. The maximum atomic E-state index is 12.7. The quantitative estimate of drug-likeness (QED) is 0.879. The molecule has 140 valence electrons. The Morgan fingerprint density at radius 3 is 2.56 bits per heavy atom. The lowest BCUT2D eigenvalue weighted by Gasteiger charge is -2.42. The Balaban J connectivity index is 1.46. The van der Waals surface area contributed by atoms with E-state index in [4.69, 9.17) is 0 Å². The monoisotopic (exact) mass is 362 g/mol. The smallest absolute Gasteiger partial charge is 0.251 e. The van der Waals surface area contributed by atoms with Crippen LogP contribution in [0.2, 0.25) is 0 Å². The zero-order valence-corrected chi connectivity index (χ0v) is 15.8. The number of carbonyl (C=O) groups is 2. The van der Waals surface area contributed by atoms with Crippen molar-refractivity contribution < 1.29 is 9.59 Å². The molecule has 1 saturated carbocycles. The highest BCUT2D eigenvalue weighted by Gasteiger charge is 2.38. The fraction of sp³-hybridized carbons (Fsp3) is 0.391. The maximum Gasteiger partial charge on any atom is 0.251 e. The van der Waals surface area contributed by atoms with Crippen molar-refractivity contribution in [3.05, 3.63) is 65.2 Å². The lowest BCUT2D eigenvalue weighted by atomic mass is 9.64. The van der Waals surface area contributed by atoms with E-state index >= 15 is 0 Å². The first kappa shape index (κ1) is 17.8. The maximum absolute atomic E-state index is 12.7. The third-order valence-corrected chi connectivity index (χ3v) is 6.12. The van der Waals surface area contributed by atoms with Gasteiger partial charge in [-0.15, -0.1) is 0 Å². The van der Waals surface area contributed by atoms with Gasteiger partial charge in [0.05, 0.1) is 0 Å². The van der Waals surface area contributed by atoms with Crippen LogP contribution in [0, 0.1) is 0 Å².